The highest BCUT2D eigenvalue weighted by atomic mass is 16.5. The van der Waals surface area contributed by atoms with Crippen LogP contribution in [0.25, 0.3) is 6.08 Å². The number of allylic oxidation sites excluding steroid dienone is 1. The number of hydrogen-bond donors (Lipinski definition) is 0. The predicted octanol–water partition coefficient (Wildman–Crippen LogP) is 2.31. The number of aldehydes is 1. The molecule has 0 amide bonds. The fourth-order valence-electron chi connectivity index (χ4n) is 1.20. The van der Waals surface area contributed by atoms with E-state index in [4.69, 9.17) is 9.47 Å². The lowest BCUT2D eigenvalue weighted by molar-refractivity contribution is -0.104. The second kappa shape index (κ2) is 5.86. The lowest BCUT2D eigenvalue weighted by Crippen LogP contribution is -1.94. The molecule has 0 saturated carbocycles. The van der Waals surface area contributed by atoms with Gasteiger partial charge in [0.1, 0.15) is 17.8 Å². The minimum atomic E-state index is 0.578. The molecule has 3 heteroatoms. The van der Waals surface area contributed by atoms with Gasteiger partial charge in [0, 0.05) is 11.6 Å². The Kier molecular flexibility index (Phi) is 4.41. The number of rotatable bonds is 5. The Morgan fingerprint density at radius 3 is 2.80 bits per heavy atom. The van der Waals surface area contributed by atoms with Crippen molar-refractivity contribution in [3.8, 4) is 11.5 Å². The second-order valence-corrected chi connectivity index (χ2v) is 2.83. The summed E-state index contributed by atoms with van der Waals surface area (Å²) in [5, 5.41) is 0. The van der Waals surface area contributed by atoms with Gasteiger partial charge in [-0.15, -0.1) is 0 Å². The molecule has 0 atom stereocenters. The van der Waals surface area contributed by atoms with Gasteiger partial charge >= 0.3 is 0 Å². The molecule has 0 aliphatic rings. The van der Waals surface area contributed by atoms with Gasteiger partial charge in [0.15, 0.2) is 0 Å². The molecule has 0 saturated heterocycles. The number of benzene rings is 1. The molecule has 0 aromatic heterocycles. The molecule has 0 N–H and O–H groups in total. The van der Waals surface area contributed by atoms with Gasteiger partial charge in [-0.1, -0.05) is 0 Å². The topological polar surface area (TPSA) is 35.5 Å². The lowest BCUT2D eigenvalue weighted by Gasteiger charge is -2.08. The second-order valence-electron chi connectivity index (χ2n) is 2.83. The van der Waals surface area contributed by atoms with Gasteiger partial charge in [0.2, 0.25) is 0 Å². The van der Waals surface area contributed by atoms with Crippen molar-refractivity contribution in [1.82, 2.24) is 0 Å². The van der Waals surface area contributed by atoms with Crippen LogP contribution in [-0.4, -0.2) is 20.0 Å². The van der Waals surface area contributed by atoms with Gasteiger partial charge in [-0.25, -0.2) is 0 Å². The Balaban J connectivity index is 3.02. The van der Waals surface area contributed by atoms with E-state index in [-0.39, 0.29) is 0 Å². The lowest BCUT2D eigenvalue weighted by atomic mass is 10.2. The largest absolute Gasteiger partial charge is 0.497 e. The zero-order chi connectivity index (χ0) is 11.1. The minimum absolute atomic E-state index is 0.578. The number of carbonyl (C=O) groups excluding carboxylic acids is 1. The molecule has 1 aromatic carbocycles. The van der Waals surface area contributed by atoms with Crippen LogP contribution < -0.4 is 9.47 Å². The zero-order valence-corrected chi connectivity index (χ0v) is 8.90. The maximum absolute atomic E-state index is 10.2. The van der Waals surface area contributed by atoms with E-state index in [0.717, 1.165) is 23.3 Å². The van der Waals surface area contributed by atoms with E-state index < -0.39 is 0 Å². The number of ether oxygens (including phenoxy) is 2. The molecule has 0 heterocycles. The fourth-order valence-corrected chi connectivity index (χ4v) is 1.20. The maximum Gasteiger partial charge on any atom is 0.142 e. The van der Waals surface area contributed by atoms with E-state index >= 15 is 0 Å². The van der Waals surface area contributed by atoms with Gasteiger partial charge in [0.25, 0.3) is 0 Å². The molecular formula is C12H14O3. The first-order valence-corrected chi connectivity index (χ1v) is 4.74. The van der Waals surface area contributed by atoms with Gasteiger partial charge in [-0.2, -0.15) is 0 Å². The van der Waals surface area contributed by atoms with Crippen LogP contribution in [0.3, 0.4) is 0 Å². The van der Waals surface area contributed by atoms with Crippen LogP contribution in [0.2, 0.25) is 0 Å². The van der Waals surface area contributed by atoms with Crippen LogP contribution in [0.4, 0.5) is 0 Å². The molecule has 0 spiro atoms. The van der Waals surface area contributed by atoms with Crippen LogP contribution in [0.15, 0.2) is 24.3 Å². The van der Waals surface area contributed by atoms with Crippen LogP contribution in [0.5, 0.6) is 11.5 Å². The van der Waals surface area contributed by atoms with Crippen LogP contribution in [0, 0.1) is 0 Å². The van der Waals surface area contributed by atoms with Crippen molar-refractivity contribution in [3.63, 3.8) is 0 Å². The Labute approximate surface area is 89.3 Å². The number of carbonyl (C=O) groups is 1. The van der Waals surface area contributed by atoms with E-state index in [0.29, 0.717) is 6.61 Å². The summed E-state index contributed by atoms with van der Waals surface area (Å²) in [4.78, 5) is 10.2. The molecule has 0 fully saturated rings. The molecule has 0 aliphatic carbocycles. The molecule has 0 unspecified atom stereocenters. The average Bonchev–Trinajstić information content (AvgIpc) is 2.27. The highest BCUT2D eigenvalue weighted by Crippen LogP contribution is 2.25. The average molecular weight is 206 g/mol. The summed E-state index contributed by atoms with van der Waals surface area (Å²) in [5.41, 5.74) is 0.866. The predicted molar refractivity (Wildman–Crippen MR) is 59.3 cm³/mol. The third-order valence-electron chi connectivity index (χ3n) is 1.87. The molecule has 0 bridgehead atoms. The molecular weight excluding hydrogens is 192 g/mol. The van der Waals surface area contributed by atoms with Crippen molar-refractivity contribution in [2.45, 2.75) is 6.92 Å². The Hall–Kier alpha value is -1.77. The normalized spacial score (nSPS) is 10.3. The maximum atomic E-state index is 10.2. The summed E-state index contributed by atoms with van der Waals surface area (Å²) in [7, 11) is 1.60. The molecule has 1 aromatic rings. The molecule has 0 radical (unpaired) electrons. The highest BCUT2D eigenvalue weighted by Gasteiger charge is 2.02. The summed E-state index contributed by atoms with van der Waals surface area (Å²) in [6.45, 7) is 2.49. The summed E-state index contributed by atoms with van der Waals surface area (Å²) in [5.74, 6) is 1.46. The smallest absolute Gasteiger partial charge is 0.142 e. The third-order valence-corrected chi connectivity index (χ3v) is 1.87. The van der Waals surface area contributed by atoms with Crippen LogP contribution in [0.1, 0.15) is 12.5 Å². The molecule has 15 heavy (non-hydrogen) atoms. The van der Waals surface area contributed by atoms with Crippen molar-refractivity contribution in [2.75, 3.05) is 13.7 Å². The molecule has 1 rings (SSSR count). The van der Waals surface area contributed by atoms with Crippen molar-refractivity contribution in [2.24, 2.45) is 0 Å². The number of hydrogen-bond acceptors (Lipinski definition) is 3. The standard InChI is InChI=1S/C12H14O3/c1-3-15-12-9-11(14-2)7-6-10(12)5-4-8-13/h4-9H,3H2,1-2H3. The molecule has 0 aliphatic heterocycles. The monoisotopic (exact) mass is 206 g/mol. The summed E-state index contributed by atoms with van der Waals surface area (Å²) in [6.07, 6.45) is 3.88. The van der Waals surface area contributed by atoms with E-state index in [1.807, 2.05) is 19.1 Å². The minimum Gasteiger partial charge on any atom is -0.497 e. The first kappa shape index (κ1) is 11.3. The first-order chi connectivity index (χ1) is 7.31. The fraction of sp³-hybridized carbons (Fsp3) is 0.250. The third kappa shape index (κ3) is 3.13. The summed E-state index contributed by atoms with van der Waals surface area (Å²) >= 11 is 0. The van der Waals surface area contributed by atoms with Gasteiger partial charge < -0.3 is 9.47 Å². The Morgan fingerprint density at radius 2 is 2.20 bits per heavy atom. The summed E-state index contributed by atoms with van der Waals surface area (Å²) in [6, 6.07) is 5.48. The van der Waals surface area contributed by atoms with Crippen LogP contribution in [-0.2, 0) is 4.79 Å². The van der Waals surface area contributed by atoms with Crippen molar-refractivity contribution < 1.29 is 14.3 Å². The molecule has 80 valence electrons. The molecule has 3 nitrogen and oxygen atoms in total. The van der Waals surface area contributed by atoms with Crippen molar-refractivity contribution in [1.29, 1.82) is 0 Å². The van der Waals surface area contributed by atoms with Crippen molar-refractivity contribution >= 4 is 12.4 Å². The van der Waals surface area contributed by atoms with Crippen LogP contribution >= 0.6 is 0 Å². The SMILES string of the molecule is CCOc1cc(OC)ccc1C=CC=O. The number of methoxy groups -OCH3 is 1. The Morgan fingerprint density at radius 1 is 1.40 bits per heavy atom. The summed E-state index contributed by atoms with van der Waals surface area (Å²) < 4.78 is 10.5. The van der Waals surface area contributed by atoms with Gasteiger partial charge in [-0.3, -0.25) is 4.79 Å². The van der Waals surface area contributed by atoms with E-state index in [1.54, 1.807) is 19.3 Å². The van der Waals surface area contributed by atoms with E-state index in [2.05, 4.69) is 0 Å². The van der Waals surface area contributed by atoms with Crippen molar-refractivity contribution in [3.05, 3.63) is 29.8 Å². The Bertz CT molecular complexity index is 356. The quantitative estimate of drug-likeness (QED) is 0.547. The van der Waals surface area contributed by atoms with Gasteiger partial charge in [0.05, 0.1) is 13.7 Å². The highest BCUT2D eigenvalue weighted by molar-refractivity contribution is 5.75. The zero-order valence-electron chi connectivity index (χ0n) is 8.90. The van der Waals surface area contributed by atoms with E-state index in [9.17, 15) is 4.79 Å². The van der Waals surface area contributed by atoms with E-state index in [1.165, 1.54) is 6.08 Å². The first-order valence-electron chi connectivity index (χ1n) is 4.74. The van der Waals surface area contributed by atoms with Gasteiger partial charge in [-0.05, 0) is 31.2 Å².